The number of hydrogen-bond acceptors (Lipinski definition) is 7. The fourth-order valence-electron chi connectivity index (χ4n) is 3.23. The molecule has 3 rings (SSSR count). The Morgan fingerprint density at radius 2 is 1.71 bits per heavy atom. The lowest BCUT2D eigenvalue weighted by Gasteiger charge is -2.15. The minimum Gasteiger partial charge on any atom is -0.497 e. The Kier molecular flexibility index (Phi) is 8.50. The molecule has 0 spiro atoms. The Morgan fingerprint density at radius 1 is 1.00 bits per heavy atom. The molecule has 1 heterocycles. The topological polar surface area (TPSA) is 101 Å². The number of carbonyl (C=O) groups excluding carboxylic acids is 1. The quantitative estimate of drug-likeness (QED) is 0.463. The van der Waals surface area contributed by atoms with E-state index < -0.39 is 6.10 Å². The van der Waals surface area contributed by atoms with Gasteiger partial charge in [0.25, 0.3) is 11.5 Å². The maximum Gasteiger partial charge on any atom is 0.266 e. The first-order valence-electron chi connectivity index (χ1n) is 10.9. The first-order valence-corrected chi connectivity index (χ1v) is 10.9. The van der Waals surface area contributed by atoms with Gasteiger partial charge >= 0.3 is 0 Å². The second kappa shape index (κ2) is 11.7. The average molecular weight is 468 g/mol. The fraction of sp³-hybridized carbons (Fsp3) is 0.320. The summed E-state index contributed by atoms with van der Waals surface area (Å²) < 4.78 is 23.1. The third kappa shape index (κ3) is 6.28. The summed E-state index contributed by atoms with van der Waals surface area (Å²) in [6.07, 6.45) is -0.713. The van der Waals surface area contributed by atoms with E-state index in [0.717, 1.165) is 5.75 Å². The van der Waals surface area contributed by atoms with Crippen molar-refractivity contribution < 1.29 is 23.7 Å². The van der Waals surface area contributed by atoms with Gasteiger partial charge in [0.2, 0.25) is 0 Å². The first kappa shape index (κ1) is 24.6. The molecule has 0 fully saturated rings. The van der Waals surface area contributed by atoms with Crippen LogP contribution in [0.4, 0.5) is 0 Å². The van der Waals surface area contributed by atoms with E-state index in [9.17, 15) is 9.59 Å². The Hall–Kier alpha value is -4.01. The van der Waals surface area contributed by atoms with E-state index >= 15 is 0 Å². The largest absolute Gasteiger partial charge is 0.497 e. The van der Waals surface area contributed by atoms with E-state index in [1.54, 1.807) is 69.7 Å². The van der Waals surface area contributed by atoms with E-state index in [1.807, 2.05) is 6.92 Å². The van der Waals surface area contributed by atoms with Crippen molar-refractivity contribution in [2.75, 3.05) is 27.4 Å². The van der Waals surface area contributed by atoms with Crippen molar-refractivity contribution in [1.29, 1.82) is 0 Å². The Balaban J connectivity index is 1.61. The molecule has 1 aromatic heterocycles. The zero-order valence-electron chi connectivity index (χ0n) is 19.7. The summed E-state index contributed by atoms with van der Waals surface area (Å²) in [5.41, 5.74) is 0.962. The van der Waals surface area contributed by atoms with Gasteiger partial charge in [0.1, 0.15) is 23.0 Å². The molecule has 9 heteroatoms. The molecule has 1 unspecified atom stereocenters. The lowest BCUT2D eigenvalue weighted by molar-refractivity contribution is -0.127. The number of nitrogens with zero attached hydrogens (tertiary/aromatic N) is 2. The molecule has 0 aliphatic carbocycles. The van der Waals surface area contributed by atoms with Crippen molar-refractivity contribution in [3.63, 3.8) is 0 Å². The molecule has 0 radical (unpaired) electrons. The summed E-state index contributed by atoms with van der Waals surface area (Å²) in [6.45, 7) is 4.55. The number of nitrogens with one attached hydrogen (secondary N) is 1. The number of methoxy groups -OCH3 is 2. The number of aromatic nitrogens is 2. The third-order valence-electron chi connectivity index (χ3n) is 4.99. The highest BCUT2D eigenvalue weighted by Crippen LogP contribution is 2.31. The van der Waals surface area contributed by atoms with Crippen molar-refractivity contribution in [3.05, 3.63) is 65.0 Å². The van der Waals surface area contributed by atoms with Crippen molar-refractivity contribution >= 4 is 5.91 Å². The summed E-state index contributed by atoms with van der Waals surface area (Å²) >= 11 is 0. The molecule has 0 aliphatic heterocycles. The van der Waals surface area contributed by atoms with Crippen molar-refractivity contribution in [1.82, 2.24) is 15.1 Å². The third-order valence-corrected chi connectivity index (χ3v) is 4.99. The van der Waals surface area contributed by atoms with Crippen LogP contribution in [0.25, 0.3) is 11.3 Å². The summed E-state index contributed by atoms with van der Waals surface area (Å²) in [6, 6.07) is 15.5. The van der Waals surface area contributed by atoms with E-state index in [-0.39, 0.29) is 24.6 Å². The summed E-state index contributed by atoms with van der Waals surface area (Å²) in [5.74, 6) is 2.24. The highest BCUT2D eigenvalue weighted by molar-refractivity contribution is 5.80. The van der Waals surface area contributed by atoms with E-state index in [2.05, 4.69) is 10.4 Å². The zero-order valence-corrected chi connectivity index (χ0v) is 19.7. The van der Waals surface area contributed by atoms with Gasteiger partial charge in [-0.3, -0.25) is 9.59 Å². The summed E-state index contributed by atoms with van der Waals surface area (Å²) in [4.78, 5) is 24.7. The Morgan fingerprint density at radius 3 is 2.38 bits per heavy atom. The standard InChI is InChI=1S/C25H29N3O6/c1-5-33-18-6-8-19(9-7-18)34-17(2)25(30)26-14-15-28-24(29)13-11-22(27-28)21-16-20(31-3)10-12-23(21)32-4/h6-13,16-17H,5,14-15H2,1-4H3,(H,26,30). The first-order chi connectivity index (χ1) is 16.4. The summed E-state index contributed by atoms with van der Waals surface area (Å²) in [7, 11) is 3.14. The van der Waals surface area contributed by atoms with Crippen LogP contribution in [0.3, 0.4) is 0 Å². The minimum atomic E-state index is -0.713. The molecule has 0 saturated carbocycles. The number of benzene rings is 2. The van der Waals surface area contributed by atoms with Gasteiger partial charge in [0.05, 0.1) is 33.1 Å². The van der Waals surface area contributed by atoms with Crippen LogP contribution in [0.1, 0.15) is 13.8 Å². The zero-order chi connectivity index (χ0) is 24.5. The van der Waals surface area contributed by atoms with Gasteiger partial charge in [-0.05, 0) is 62.4 Å². The van der Waals surface area contributed by atoms with Gasteiger partial charge in [0, 0.05) is 18.2 Å². The predicted molar refractivity (Wildman–Crippen MR) is 128 cm³/mol. The fourth-order valence-corrected chi connectivity index (χ4v) is 3.23. The number of carbonyl (C=O) groups is 1. The van der Waals surface area contributed by atoms with Gasteiger partial charge < -0.3 is 24.3 Å². The van der Waals surface area contributed by atoms with Crippen LogP contribution < -0.4 is 29.8 Å². The monoisotopic (exact) mass is 467 g/mol. The molecule has 0 saturated heterocycles. The van der Waals surface area contributed by atoms with Gasteiger partial charge in [-0.15, -0.1) is 0 Å². The van der Waals surface area contributed by atoms with Crippen molar-refractivity contribution in [3.8, 4) is 34.3 Å². The maximum atomic E-state index is 12.4. The summed E-state index contributed by atoms with van der Waals surface area (Å²) in [5, 5.41) is 7.21. The van der Waals surface area contributed by atoms with Crippen LogP contribution in [0.2, 0.25) is 0 Å². The van der Waals surface area contributed by atoms with Gasteiger partial charge in [-0.25, -0.2) is 4.68 Å². The molecular formula is C25H29N3O6. The molecule has 1 amide bonds. The Labute approximate surface area is 198 Å². The second-order valence-corrected chi connectivity index (χ2v) is 7.30. The van der Waals surface area contributed by atoms with Crippen LogP contribution in [-0.2, 0) is 11.3 Å². The smallest absolute Gasteiger partial charge is 0.266 e. The van der Waals surface area contributed by atoms with Crippen LogP contribution in [-0.4, -0.2) is 49.2 Å². The lowest BCUT2D eigenvalue weighted by Crippen LogP contribution is -2.39. The molecular weight excluding hydrogens is 438 g/mol. The molecule has 1 N–H and O–H groups in total. The van der Waals surface area contributed by atoms with Gasteiger partial charge in [-0.1, -0.05) is 0 Å². The van der Waals surface area contributed by atoms with Crippen LogP contribution in [0, 0.1) is 0 Å². The molecule has 34 heavy (non-hydrogen) atoms. The normalized spacial score (nSPS) is 11.4. The van der Waals surface area contributed by atoms with E-state index in [1.165, 1.54) is 10.7 Å². The van der Waals surface area contributed by atoms with Gasteiger partial charge in [0.15, 0.2) is 6.10 Å². The molecule has 0 bridgehead atoms. The van der Waals surface area contributed by atoms with E-state index in [0.29, 0.717) is 35.1 Å². The number of hydrogen-bond donors (Lipinski definition) is 1. The lowest BCUT2D eigenvalue weighted by atomic mass is 10.1. The van der Waals surface area contributed by atoms with Crippen LogP contribution >= 0.6 is 0 Å². The van der Waals surface area contributed by atoms with Crippen LogP contribution in [0.5, 0.6) is 23.0 Å². The van der Waals surface area contributed by atoms with Crippen molar-refractivity contribution in [2.24, 2.45) is 0 Å². The maximum absolute atomic E-state index is 12.4. The molecule has 2 aromatic carbocycles. The minimum absolute atomic E-state index is 0.195. The number of amides is 1. The SMILES string of the molecule is CCOc1ccc(OC(C)C(=O)NCCn2nc(-c3cc(OC)ccc3OC)ccc2=O)cc1. The molecule has 3 aromatic rings. The Bertz CT molecular complexity index is 1160. The molecule has 1 atom stereocenters. The van der Waals surface area contributed by atoms with Gasteiger partial charge in [-0.2, -0.15) is 5.10 Å². The molecule has 0 aliphatic rings. The predicted octanol–water partition coefficient (Wildman–Crippen LogP) is 2.91. The highest BCUT2D eigenvalue weighted by atomic mass is 16.5. The van der Waals surface area contributed by atoms with E-state index in [4.69, 9.17) is 18.9 Å². The van der Waals surface area contributed by atoms with Crippen LogP contribution in [0.15, 0.2) is 59.4 Å². The second-order valence-electron chi connectivity index (χ2n) is 7.30. The average Bonchev–Trinajstić information content (AvgIpc) is 2.86. The number of rotatable bonds is 11. The molecule has 9 nitrogen and oxygen atoms in total. The highest BCUT2D eigenvalue weighted by Gasteiger charge is 2.15. The molecule has 180 valence electrons. The number of ether oxygens (including phenoxy) is 4. The van der Waals surface area contributed by atoms with Crippen molar-refractivity contribution in [2.45, 2.75) is 26.5 Å².